The Bertz CT molecular complexity index is 642. The van der Waals surface area contributed by atoms with E-state index in [0.29, 0.717) is 11.3 Å². The Labute approximate surface area is 129 Å². The Morgan fingerprint density at radius 1 is 0.955 bits per heavy atom. The summed E-state index contributed by atoms with van der Waals surface area (Å²) in [4.78, 5) is 11.2. The van der Waals surface area contributed by atoms with Crippen LogP contribution in [-0.4, -0.2) is 19.9 Å². The minimum Gasteiger partial charge on any atom is -0.497 e. The zero-order chi connectivity index (χ0) is 15.9. The van der Waals surface area contributed by atoms with Gasteiger partial charge in [-0.15, -0.1) is 0 Å². The van der Waals surface area contributed by atoms with Crippen molar-refractivity contribution in [1.82, 2.24) is 0 Å². The number of esters is 1. The molecule has 0 saturated heterocycles. The lowest BCUT2D eigenvalue weighted by atomic mass is 10.1. The number of carbonyl (C=O) groups is 1. The first-order chi connectivity index (χ1) is 10.6. The van der Waals surface area contributed by atoms with Crippen molar-refractivity contribution in [3.05, 3.63) is 60.7 Å². The summed E-state index contributed by atoms with van der Waals surface area (Å²) in [6, 6.07) is 15.3. The third-order valence-electron chi connectivity index (χ3n) is 3.04. The Morgan fingerprint density at radius 3 is 1.91 bits per heavy atom. The normalized spacial score (nSPS) is 9.91. The first-order valence-electron chi connectivity index (χ1n) is 6.80. The van der Waals surface area contributed by atoms with E-state index in [0.717, 1.165) is 16.9 Å². The number of methoxy groups -OCH3 is 1. The Morgan fingerprint density at radius 2 is 1.45 bits per heavy atom. The quantitative estimate of drug-likeness (QED) is 0.462. The number of hydrogen-bond donors (Lipinski definition) is 0. The fraction of sp³-hybridized carbons (Fsp3) is 0.167. The third-order valence-corrected chi connectivity index (χ3v) is 3.04. The maximum Gasteiger partial charge on any atom is 0.335 e. The molecule has 0 aliphatic carbocycles. The molecule has 0 N–H and O–H groups in total. The molecule has 2 aromatic rings. The molecule has 0 aliphatic heterocycles. The summed E-state index contributed by atoms with van der Waals surface area (Å²) in [6.07, 6.45) is 0. The van der Waals surface area contributed by atoms with E-state index in [2.05, 4.69) is 6.58 Å². The van der Waals surface area contributed by atoms with Crippen LogP contribution in [0.3, 0.4) is 0 Å². The fourth-order valence-electron chi connectivity index (χ4n) is 1.80. The highest BCUT2D eigenvalue weighted by Gasteiger charge is 2.03. The first kappa shape index (κ1) is 15.6. The molecule has 2 aromatic carbocycles. The minimum atomic E-state index is -0.463. The maximum absolute atomic E-state index is 11.2. The van der Waals surface area contributed by atoms with Crippen LogP contribution >= 0.6 is 0 Å². The molecule has 4 nitrogen and oxygen atoms in total. The largest absolute Gasteiger partial charge is 0.497 e. The van der Waals surface area contributed by atoms with Crippen LogP contribution in [0.5, 0.6) is 11.5 Å². The maximum atomic E-state index is 11.2. The highest BCUT2D eigenvalue weighted by molar-refractivity contribution is 5.86. The number of ether oxygens (including phenoxy) is 3. The fourth-order valence-corrected chi connectivity index (χ4v) is 1.80. The van der Waals surface area contributed by atoms with E-state index in [9.17, 15) is 4.79 Å². The van der Waals surface area contributed by atoms with Gasteiger partial charge in [0.05, 0.1) is 7.11 Å². The molecule has 114 valence electrons. The van der Waals surface area contributed by atoms with E-state index in [-0.39, 0.29) is 6.79 Å². The standard InChI is InChI=1S/C18H18O4/c1-13(2)18(19)22-12-21-17-10-6-15(7-11-17)14-4-8-16(20-3)9-5-14/h4-11H,1,12H2,2-3H3. The van der Waals surface area contributed by atoms with Crippen molar-refractivity contribution in [2.45, 2.75) is 6.92 Å². The van der Waals surface area contributed by atoms with Gasteiger partial charge in [0.25, 0.3) is 0 Å². The lowest BCUT2D eigenvalue weighted by Gasteiger charge is -2.08. The SMILES string of the molecule is C=C(C)C(=O)OCOc1ccc(-c2ccc(OC)cc2)cc1. The molecule has 0 bridgehead atoms. The van der Waals surface area contributed by atoms with Gasteiger partial charge in [-0.25, -0.2) is 4.79 Å². The van der Waals surface area contributed by atoms with Crippen LogP contribution in [0, 0.1) is 0 Å². The summed E-state index contributed by atoms with van der Waals surface area (Å²) < 4.78 is 15.4. The van der Waals surface area contributed by atoms with Crippen LogP contribution in [0.15, 0.2) is 60.7 Å². The molecule has 0 radical (unpaired) electrons. The van der Waals surface area contributed by atoms with Gasteiger partial charge < -0.3 is 14.2 Å². The van der Waals surface area contributed by atoms with Crippen molar-refractivity contribution < 1.29 is 19.0 Å². The van der Waals surface area contributed by atoms with E-state index in [1.165, 1.54) is 0 Å². The number of carbonyl (C=O) groups excluding carboxylic acids is 1. The summed E-state index contributed by atoms with van der Waals surface area (Å²) in [5.41, 5.74) is 2.49. The number of rotatable bonds is 6. The molecular weight excluding hydrogens is 280 g/mol. The molecule has 0 fully saturated rings. The van der Waals surface area contributed by atoms with Crippen molar-refractivity contribution in [2.24, 2.45) is 0 Å². The van der Waals surface area contributed by atoms with Crippen LogP contribution in [0.2, 0.25) is 0 Å². The summed E-state index contributed by atoms with van der Waals surface area (Å²) in [5.74, 6) is 0.990. The zero-order valence-corrected chi connectivity index (χ0v) is 12.7. The van der Waals surface area contributed by atoms with Crippen LogP contribution in [-0.2, 0) is 9.53 Å². The highest BCUT2D eigenvalue weighted by Crippen LogP contribution is 2.24. The summed E-state index contributed by atoms with van der Waals surface area (Å²) >= 11 is 0. The topological polar surface area (TPSA) is 44.8 Å². The average molecular weight is 298 g/mol. The number of benzene rings is 2. The number of hydrogen-bond acceptors (Lipinski definition) is 4. The molecule has 0 spiro atoms. The summed E-state index contributed by atoms with van der Waals surface area (Å²) in [7, 11) is 1.64. The third kappa shape index (κ3) is 4.12. The van der Waals surface area contributed by atoms with Gasteiger partial charge in [-0.1, -0.05) is 30.8 Å². The van der Waals surface area contributed by atoms with Crippen LogP contribution < -0.4 is 9.47 Å². The summed E-state index contributed by atoms with van der Waals surface area (Å²) in [6.45, 7) is 4.96. The van der Waals surface area contributed by atoms with Gasteiger partial charge in [-0.05, 0) is 42.3 Å². The Kier molecular flexibility index (Phi) is 5.20. The highest BCUT2D eigenvalue weighted by atomic mass is 16.7. The molecule has 22 heavy (non-hydrogen) atoms. The molecule has 0 heterocycles. The van der Waals surface area contributed by atoms with Gasteiger partial charge in [-0.3, -0.25) is 0 Å². The molecule has 0 amide bonds. The summed E-state index contributed by atoms with van der Waals surface area (Å²) in [5, 5.41) is 0. The van der Waals surface area contributed by atoms with E-state index in [1.807, 2.05) is 48.5 Å². The van der Waals surface area contributed by atoms with Crippen molar-refractivity contribution in [2.75, 3.05) is 13.9 Å². The van der Waals surface area contributed by atoms with Gasteiger partial charge in [-0.2, -0.15) is 0 Å². The molecule has 2 rings (SSSR count). The lowest BCUT2D eigenvalue weighted by Crippen LogP contribution is -2.10. The monoisotopic (exact) mass is 298 g/mol. The average Bonchev–Trinajstić information content (AvgIpc) is 2.55. The first-order valence-corrected chi connectivity index (χ1v) is 6.80. The molecule has 0 aromatic heterocycles. The van der Waals surface area contributed by atoms with Crippen molar-refractivity contribution in [1.29, 1.82) is 0 Å². The van der Waals surface area contributed by atoms with Crippen molar-refractivity contribution >= 4 is 5.97 Å². The van der Waals surface area contributed by atoms with E-state index in [1.54, 1.807) is 14.0 Å². The second-order valence-corrected chi connectivity index (χ2v) is 4.73. The molecule has 0 atom stereocenters. The predicted octanol–water partition coefficient (Wildman–Crippen LogP) is 3.82. The van der Waals surface area contributed by atoms with E-state index >= 15 is 0 Å². The zero-order valence-electron chi connectivity index (χ0n) is 12.7. The van der Waals surface area contributed by atoms with Crippen LogP contribution in [0.1, 0.15) is 6.92 Å². The predicted molar refractivity (Wildman–Crippen MR) is 84.8 cm³/mol. The van der Waals surface area contributed by atoms with Crippen LogP contribution in [0.4, 0.5) is 0 Å². The molecule has 0 saturated carbocycles. The molecular formula is C18H18O4. The minimum absolute atomic E-state index is 0.131. The molecule has 0 unspecified atom stereocenters. The lowest BCUT2D eigenvalue weighted by molar-refractivity contribution is -0.145. The second kappa shape index (κ2) is 7.31. The van der Waals surface area contributed by atoms with Gasteiger partial charge in [0.15, 0.2) is 0 Å². The van der Waals surface area contributed by atoms with E-state index in [4.69, 9.17) is 14.2 Å². The van der Waals surface area contributed by atoms with Crippen molar-refractivity contribution in [3.8, 4) is 22.6 Å². The molecule has 0 aliphatic rings. The van der Waals surface area contributed by atoms with Crippen molar-refractivity contribution in [3.63, 3.8) is 0 Å². The van der Waals surface area contributed by atoms with Gasteiger partial charge in [0, 0.05) is 5.57 Å². The molecule has 4 heteroatoms. The van der Waals surface area contributed by atoms with Gasteiger partial charge in [0.1, 0.15) is 11.5 Å². The smallest absolute Gasteiger partial charge is 0.335 e. The van der Waals surface area contributed by atoms with Gasteiger partial charge in [0.2, 0.25) is 6.79 Å². The Hall–Kier alpha value is -2.75. The Balaban J connectivity index is 1.94. The second-order valence-electron chi connectivity index (χ2n) is 4.73. The van der Waals surface area contributed by atoms with Gasteiger partial charge >= 0.3 is 5.97 Å². The van der Waals surface area contributed by atoms with E-state index < -0.39 is 5.97 Å². The van der Waals surface area contributed by atoms with Crippen LogP contribution in [0.25, 0.3) is 11.1 Å².